The lowest BCUT2D eigenvalue weighted by Gasteiger charge is -2.37. The molecule has 0 saturated heterocycles. The zero-order valence-electron chi connectivity index (χ0n) is 12.4. The van der Waals surface area contributed by atoms with E-state index in [1.807, 2.05) is 18.2 Å². The summed E-state index contributed by atoms with van der Waals surface area (Å²) in [5.74, 6) is 2.61. The predicted octanol–water partition coefficient (Wildman–Crippen LogP) is 5.16. The molecule has 1 fully saturated rings. The molecule has 2 nitrogen and oxygen atoms in total. The molecular formula is C17H22BrNO. The van der Waals surface area contributed by atoms with Gasteiger partial charge in [0.2, 0.25) is 0 Å². The van der Waals surface area contributed by atoms with E-state index in [0.717, 1.165) is 10.9 Å². The molecule has 1 saturated carbocycles. The van der Waals surface area contributed by atoms with E-state index in [4.69, 9.17) is 4.74 Å². The number of benzene rings is 1. The molecule has 2 rings (SSSR count). The molecule has 0 radical (unpaired) electrons. The van der Waals surface area contributed by atoms with Gasteiger partial charge < -0.3 is 4.74 Å². The highest BCUT2D eigenvalue weighted by atomic mass is 79.9. The Labute approximate surface area is 130 Å². The molecule has 1 aliphatic carbocycles. The summed E-state index contributed by atoms with van der Waals surface area (Å²) in [6.07, 6.45) is 3.81. The number of nitriles is 1. The maximum absolute atomic E-state index is 9.22. The Morgan fingerprint density at radius 3 is 2.75 bits per heavy atom. The molecule has 0 aliphatic heterocycles. The molecule has 3 heteroatoms. The molecule has 0 spiro atoms. The molecule has 3 unspecified atom stereocenters. The van der Waals surface area contributed by atoms with Gasteiger partial charge in [-0.05, 0) is 48.8 Å². The highest BCUT2D eigenvalue weighted by Crippen LogP contribution is 2.37. The van der Waals surface area contributed by atoms with Gasteiger partial charge in [0.05, 0.1) is 5.56 Å². The largest absolute Gasteiger partial charge is 0.489 e. The fourth-order valence-corrected chi connectivity index (χ4v) is 3.44. The SMILES string of the molecule is CC1CCC(C(C)C)C(Oc2cc(Br)ccc2C#N)C1. The van der Waals surface area contributed by atoms with E-state index in [2.05, 4.69) is 42.8 Å². The topological polar surface area (TPSA) is 33.0 Å². The summed E-state index contributed by atoms with van der Waals surface area (Å²) in [6.45, 7) is 6.82. The third kappa shape index (κ3) is 3.55. The molecule has 20 heavy (non-hydrogen) atoms. The van der Waals surface area contributed by atoms with Crippen LogP contribution in [0.25, 0.3) is 0 Å². The van der Waals surface area contributed by atoms with Gasteiger partial charge in [0.25, 0.3) is 0 Å². The van der Waals surface area contributed by atoms with Crippen LogP contribution in [0.5, 0.6) is 5.75 Å². The van der Waals surface area contributed by atoms with E-state index in [-0.39, 0.29) is 6.10 Å². The van der Waals surface area contributed by atoms with Crippen molar-refractivity contribution in [3.8, 4) is 11.8 Å². The highest BCUT2D eigenvalue weighted by molar-refractivity contribution is 9.10. The molecule has 0 N–H and O–H groups in total. The summed E-state index contributed by atoms with van der Waals surface area (Å²) in [6, 6.07) is 7.83. The standard InChI is InChI=1S/C17H22BrNO/c1-11(2)15-7-4-12(3)8-17(15)20-16-9-14(18)6-5-13(16)10-19/h5-6,9,11-12,15,17H,4,7-8H2,1-3H3. The Morgan fingerprint density at radius 2 is 2.10 bits per heavy atom. The Balaban J connectivity index is 2.22. The van der Waals surface area contributed by atoms with Crippen LogP contribution >= 0.6 is 15.9 Å². The fourth-order valence-electron chi connectivity index (χ4n) is 3.10. The van der Waals surface area contributed by atoms with Crippen molar-refractivity contribution >= 4 is 15.9 Å². The zero-order chi connectivity index (χ0) is 14.7. The first-order chi connectivity index (χ1) is 9.51. The smallest absolute Gasteiger partial charge is 0.138 e. The highest BCUT2D eigenvalue weighted by Gasteiger charge is 2.32. The van der Waals surface area contributed by atoms with Crippen LogP contribution in [0.3, 0.4) is 0 Å². The second-order valence-corrected chi connectivity index (χ2v) is 7.15. The molecular weight excluding hydrogens is 314 g/mol. The van der Waals surface area contributed by atoms with E-state index in [0.29, 0.717) is 29.1 Å². The Kier molecular flexibility index (Phi) is 5.10. The van der Waals surface area contributed by atoms with Crippen LogP contribution in [0.4, 0.5) is 0 Å². The molecule has 3 atom stereocenters. The minimum Gasteiger partial charge on any atom is -0.489 e. The van der Waals surface area contributed by atoms with E-state index in [1.54, 1.807) is 0 Å². The third-order valence-electron chi connectivity index (χ3n) is 4.30. The van der Waals surface area contributed by atoms with Crippen LogP contribution in [-0.2, 0) is 0 Å². The van der Waals surface area contributed by atoms with Crippen molar-refractivity contribution < 1.29 is 4.74 Å². The monoisotopic (exact) mass is 335 g/mol. The number of halogens is 1. The van der Waals surface area contributed by atoms with Crippen LogP contribution in [0.15, 0.2) is 22.7 Å². The fraction of sp³-hybridized carbons (Fsp3) is 0.588. The number of hydrogen-bond donors (Lipinski definition) is 0. The normalized spacial score (nSPS) is 26.3. The Bertz CT molecular complexity index is 506. The van der Waals surface area contributed by atoms with Gasteiger partial charge in [-0.2, -0.15) is 5.26 Å². The van der Waals surface area contributed by atoms with Gasteiger partial charge in [-0.15, -0.1) is 0 Å². The first-order valence-corrected chi connectivity index (χ1v) is 8.17. The summed E-state index contributed by atoms with van der Waals surface area (Å²) in [5, 5.41) is 9.22. The summed E-state index contributed by atoms with van der Waals surface area (Å²) >= 11 is 3.46. The van der Waals surface area contributed by atoms with E-state index in [9.17, 15) is 5.26 Å². The van der Waals surface area contributed by atoms with Gasteiger partial charge in [0, 0.05) is 4.47 Å². The van der Waals surface area contributed by atoms with Crippen molar-refractivity contribution in [2.75, 3.05) is 0 Å². The van der Waals surface area contributed by atoms with Gasteiger partial charge in [0.1, 0.15) is 17.9 Å². The quantitative estimate of drug-likeness (QED) is 0.764. The van der Waals surface area contributed by atoms with Gasteiger partial charge in [-0.1, -0.05) is 43.1 Å². The van der Waals surface area contributed by atoms with Crippen molar-refractivity contribution in [3.05, 3.63) is 28.2 Å². The number of hydrogen-bond acceptors (Lipinski definition) is 2. The van der Waals surface area contributed by atoms with Crippen LogP contribution in [0.1, 0.15) is 45.6 Å². The van der Waals surface area contributed by atoms with Crippen LogP contribution in [0.2, 0.25) is 0 Å². The predicted molar refractivity (Wildman–Crippen MR) is 84.6 cm³/mol. The molecule has 1 aromatic carbocycles. The lowest BCUT2D eigenvalue weighted by Crippen LogP contribution is -2.36. The maximum atomic E-state index is 9.22. The second kappa shape index (κ2) is 6.63. The molecule has 0 amide bonds. The Morgan fingerprint density at radius 1 is 1.35 bits per heavy atom. The first kappa shape index (κ1) is 15.4. The average molecular weight is 336 g/mol. The second-order valence-electron chi connectivity index (χ2n) is 6.23. The van der Waals surface area contributed by atoms with E-state index in [1.165, 1.54) is 12.8 Å². The van der Waals surface area contributed by atoms with Gasteiger partial charge in [-0.25, -0.2) is 0 Å². The first-order valence-electron chi connectivity index (χ1n) is 7.37. The average Bonchev–Trinajstić information content (AvgIpc) is 2.38. The summed E-state index contributed by atoms with van der Waals surface area (Å²) in [4.78, 5) is 0. The van der Waals surface area contributed by atoms with Crippen LogP contribution in [-0.4, -0.2) is 6.10 Å². The van der Waals surface area contributed by atoms with Crippen molar-refractivity contribution in [1.29, 1.82) is 5.26 Å². The van der Waals surface area contributed by atoms with Gasteiger partial charge in [-0.3, -0.25) is 0 Å². The number of rotatable bonds is 3. The zero-order valence-corrected chi connectivity index (χ0v) is 14.0. The molecule has 0 bridgehead atoms. The van der Waals surface area contributed by atoms with Crippen molar-refractivity contribution in [2.24, 2.45) is 17.8 Å². The minimum atomic E-state index is 0.222. The van der Waals surface area contributed by atoms with E-state index >= 15 is 0 Å². The van der Waals surface area contributed by atoms with Crippen LogP contribution in [0, 0.1) is 29.1 Å². The summed E-state index contributed by atoms with van der Waals surface area (Å²) in [5.41, 5.74) is 0.619. The maximum Gasteiger partial charge on any atom is 0.138 e. The summed E-state index contributed by atoms with van der Waals surface area (Å²) < 4.78 is 7.21. The van der Waals surface area contributed by atoms with Crippen molar-refractivity contribution in [2.45, 2.75) is 46.1 Å². The number of ether oxygens (including phenoxy) is 1. The van der Waals surface area contributed by atoms with Gasteiger partial charge in [0.15, 0.2) is 0 Å². The number of nitrogens with zero attached hydrogens (tertiary/aromatic N) is 1. The molecule has 0 aromatic heterocycles. The molecule has 108 valence electrons. The lowest BCUT2D eigenvalue weighted by atomic mass is 9.75. The minimum absolute atomic E-state index is 0.222. The third-order valence-corrected chi connectivity index (χ3v) is 4.80. The van der Waals surface area contributed by atoms with Gasteiger partial charge >= 0.3 is 0 Å². The van der Waals surface area contributed by atoms with Crippen molar-refractivity contribution in [3.63, 3.8) is 0 Å². The summed E-state index contributed by atoms with van der Waals surface area (Å²) in [7, 11) is 0. The molecule has 0 heterocycles. The molecule has 1 aliphatic rings. The van der Waals surface area contributed by atoms with Crippen LogP contribution < -0.4 is 4.74 Å². The lowest BCUT2D eigenvalue weighted by molar-refractivity contribution is 0.0457. The van der Waals surface area contributed by atoms with Crippen molar-refractivity contribution in [1.82, 2.24) is 0 Å². The molecule has 1 aromatic rings. The van der Waals surface area contributed by atoms with E-state index < -0.39 is 0 Å². The Hall–Kier alpha value is -1.01.